The lowest BCUT2D eigenvalue weighted by Gasteiger charge is -2.44. The molecule has 0 N–H and O–H groups in total. The third kappa shape index (κ3) is 5.02. The highest BCUT2D eigenvalue weighted by atomic mass is 15.3. The molecule has 0 aromatic rings. The lowest BCUT2D eigenvalue weighted by atomic mass is 9.72. The van der Waals surface area contributed by atoms with Crippen LogP contribution in [-0.2, 0) is 0 Å². The summed E-state index contributed by atoms with van der Waals surface area (Å²) in [6.45, 7) is 18.8. The molecule has 3 rings (SSSR count). The summed E-state index contributed by atoms with van der Waals surface area (Å²) in [6, 6.07) is 1.58. The number of rotatable bonds is 7. The van der Waals surface area contributed by atoms with Crippen LogP contribution in [0.1, 0.15) is 79.1 Å². The Morgan fingerprint density at radius 1 is 0.846 bits per heavy atom. The van der Waals surface area contributed by atoms with Crippen molar-refractivity contribution < 1.29 is 0 Å². The summed E-state index contributed by atoms with van der Waals surface area (Å²) in [5.41, 5.74) is 0.687. The van der Waals surface area contributed by atoms with Crippen LogP contribution in [0.3, 0.4) is 0 Å². The largest absolute Gasteiger partial charge is 0.301 e. The predicted molar refractivity (Wildman–Crippen MR) is 113 cm³/mol. The highest BCUT2D eigenvalue weighted by Crippen LogP contribution is 2.47. The Morgan fingerprint density at radius 2 is 1.46 bits per heavy atom. The Morgan fingerprint density at radius 3 is 2.00 bits per heavy atom. The van der Waals surface area contributed by atoms with Gasteiger partial charge in [0.1, 0.15) is 0 Å². The molecule has 3 fully saturated rings. The Labute approximate surface area is 163 Å². The molecule has 0 radical (unpaired) electrons. The van der Waals surface area contributed by atoms with Gasteiger partial charge in [-0.1, -0.05) is 26.7 Å². The highest BCUT2D eigenvalue weighted by Gasteiger charge is 2.36. The molecule has 26 heavy (non-hydrogen) atoms. The van der Waals surface area contributed by atoms with E-state index in [-0.39, 0.29) is 0 Å². The first-order chi connectivity index (χ1) is 12.5. The molecule has 0 aromatic heterocycles. The first-order valence-electron chi connectivity index (χ1n) is 11.7. The summed E-state index contributed by atoms with van der Waals surface area (Å²) in [6.07, 6.45) is 11.6. The molecule has 3 heteroatoms. The normalized spacial score (nSPS) is 27.0. The first kappa shape index (κ1) is 20.6. The third-order valence-corrected chi connectivity index (χ3v) is 8.13. The molecule has 3 aliphatic rings. The van der Waals surface area contributed by atoms with Crippen LogP contribution < -0.4 is 0 Å². The second-order valence-corrected chi connectivity index (χ2v) is 10.1. The molecule has 0 bridgehead atoms. The standard InChI is InChI=1S/C23H45N3/c1-20(2)23(10-5-6-11-23)12-7-13-24-16-18-26(19-17-24)22-8-14-25(15-9-22)21(3)4/h20-22H,5-19H2,1-4H3. The van der Waals surface area contributed by atoms with E-state index >= 15 is 0 Å². The van der Waals surface area contributed by atoms with Crippen LogP contribution in [0, 0.1) is 11.3 Å². The van der Waals surface area contributed by atoms with Gasteiger partial charge in [-0.25, -0.2) is 0 Å². The first-order valence-corrected chi connectivity index (χ1v) is 11.7. The van der Waals surface area contributed by atoms with E-state index in [1.165, 1.54) is 97.2 Å². The zero-order valence-electron chi connectivity index (χ0n) is 18.2. The van der Waals surface area contributed by atoms with Crippen LogP contribution >= 0.6 is 0 Å². The van der Waals surface area contributed by atoms with Gasteiger partial charge in [-0.3, -0.25) is 4.90 Å². The minimum atomic E-state index is 0.687. The van der Waals surface area contributed by atoms with E-state index < -0.39 is 0 Å². The molecule has 3 nitrogen and oxygen atoms in total. The fourth-order valence-corrected chi connectivity index (χ4v) is 5.97. The summed E-state index contributed by atoms with van der Waals surface area (Å²) in [5.74, 6) is 0.874. The van der Waals surface area contributed by atoms with Gasteiger partial charge in [-0.2, -0.15) is 0 Å². The molecule has 0 spiro atoms. The molecule has 2 aliphatic heterocycles. The maximum absolute atomic E-state index is 2.81. The van der Waals surface area contributed by atoms with Crippen LogP contribution in [0.15, 0.2) is 0 Å². The van der Waals surface area contributed by atoms with Crippen molar-refractivity contribution in [2.45, 2.75) is 91.1 Å². The fourth-order valence-electron chi connectivity index (χ4n) is 5.97. The van der Waals surface area contributed by atoms with Crippen LogP contribution in [-0.4, -0.2) is 72.6 Å². The summed E-state index contributed by atoms with van der Waals surface area (Å²) in [5, 5.41) is 0. The molecule has 152 valence electrons. The average molecular weight is 364 g/mol. The van der Waals surface area contributed by atoms with Gasteiger partial charge >= 0.3 is 0 Å². The van der Waals surface area contributed by atoms with Crippen molar-refractivity contribution in [1.29, 1.82) is 0 Å². The molecule has 0 amide bonds. The van der Waals surface area contributed by atoms with Crippen molar-refractivity contribution in [3.05, 3.63) is 0 Å². The van der Waals surface area contributed by atoms with E-state index in [9.17, 15) is 0 Å². The SMILES string of the molecule is CC(C)N1CCC(N2CCN(CCCC3(C(C)C)CCCC3)CC2)CC1. The Hall–Kier alpha value is -0.120. The summed E-state index contributed by atoms with van der Waals surface area (Å²) < 4.78 is 0. The fraction of sp³-hybridized carbons (Fsp3) is 1.00. The average Bonchev–Trinajstić information content (AvgIpc) is 3.13. The zero-order chi connectivity index (χ0) is 18.6. The van der Waals surface area contributed by atoms with Gasteiger partial charge in [-0.05, 0) is 83.3 Å². The quantitative estimate of drug-likeness (QED) is 0.660. The van der Waals surface area contributed by atoms with Crippen molar-refractivity contribution in [3.63, 3.8) is 0 Å². The number of hydrogen-bond acceptors (Lipinski definition) is 3. The Kier molecular flexibility index (Phi) is 7.44. The molecule has 0 atom stereocenters. The van der Waals surface area contributed by atoms with Gasteiger partial charge in [-0.15, -0.1) is 0 Å². The Balaban J connectivity index is 1.34. The minimum Gasteiger partial charge on any atom is -0.301 e. The number of piperazine rings is 1. The van der Waals surface area contributed by atoms with Crippen LogP contribution in [0.5, 0.6) is 0 Å². The van der Waals surface area contributed by atoms with Gasteiger partial charge in [0.15, 0.2) is 0 Å². The predicted octanol–water partition coefficient (Wildman–Crippen LogP) is 4.47. The molecule has 2 saturated heterocycles. The maximum Gasteiger partial charge on any atom is 0.0121 e. The molecule has 1 saturated carbocycles. The van der Waals surface area contributed by atoms with E-state index in [4.69, 9.17) is 0 Å². The van der Waals surface area contributed by atoms with Gasteiger partial charge in [0.2, 0.25) is 0 Å². The molecular formula is C23H45N3. The summed E-state index contributed by atoms with van der Waals surface area (Å²) in [4.78, 5) is 8.21. The van der Waals surface area contributed by atoms with Crippen molar-refractivity contribution in [1.82, 2.24) is 14.7 Å². The van der Waals surface area contributed by atoms with E-state index in [1.54, 1.807) is 0 Å². The van der Waals surface area contributed by atoms with E-state index in [0.29, 0.717) is 5.41 Å². The van der Waals surface area contributed by atoms with Gasteiger partial charge in [0.25, 0.3) is 0 Å². The third-order valence-electron chi connectivity index (χ3n) is 8.13. The summed E-state index contributed by atoms with van der Waals surface area (Å²) in [7, 11) is 0. The van der Waals surface area contributed by atoms with Crippen LogP contribution in [0.4, 0.5) is 0 Å². The topological polar surface area (TPSA) is 9.72 Å². The second-order valence-electron chi connectivity index (χ2n) is 10.1. The number of hydrogen-bond donors (Lipinski definition) is 0. The van der Waals surface area contributed by atoms with Gasteiger partial charge < -0.3 is 9.80 Å². The van der Waals surface area contributed by atoms with E-state index in [0.717, 1.165) is 18.0 Å². The van der Waals surface area contributed by atoms with Crippen molar-refractivity contribution in [2.24, 2.45) is 11.3 Å². The van der Waals surface area contributed by atoms with Crippen LogP contribution in [0.25, 0.3) is 0 Å². The van der Waals surface area contributed by atoms with Crippen LogP contribution in [0.2, 0.25) is 0 Å². The summed E-state index contributed by atoms with van der Waals surface area (Å²) >= 11 is 0. The van der Waals surface area contributed by atoms with Crippen molar-refractivity contribution >= 4 is 0 Å². The zero-order valence-corrected chi connectivity index (χ0v) is 18.2. The number of piperidine rings is 1. The molecule has 1 aliphatic carbocycles. The molecule has 0 aromatic carbocycles. The molecular weight excluding hydrogens is 318 g/mol. The lowest BCUT2D eigenvalue weighted by molar-refractivity contribution is 0.0494. The van der Waals surface area contributed by atoms with Crippen molar-refractivity contribution in [3.8, 4) is 0 Å². The molecule has 0 unspecified atom stereocenters. The highest BCUT2D eigenvalue weighted by molar-refractivity contribution is 4.88. The van der Waals surface area contributed by atoms with Gasteiger partial charge in [0, 0.05) is 38.3 Å². The van der Waals surface area contributed by atoms with Gasteiger partial charge in [0.05, 0.1) is 0 Å². The second kappa shape index (κ2) is 9.39. The number of nitrogens with zero attached hydrogens (tertiary/aromatic N) is 3. The minimum absolute atomic E-state index is 0.687. The lowest BCUT2D eigenvalue weighted by Crippen LogP contribution is -2.53. The molecule has 2 heterocycles. The van der Waals surface area contributed by atoms with E-state index in [2.05, 4.69) is 42.4 Å². The van der Waals surface area contributed by atoms with E-state index in [1.807, 2.05) is 0 Å². The smallest absolute Gasteiger partial charge is 0.0121 e. The maximum atomic E-state index is 2.81. The van der Waals surface area contributed by atoms with Crippen molar-refractivity contribution in [2.75, 3.05) is 45.8 Å². The number of likely N-dealkylation sites (tertiary alicyclic amines) is 1. The Bertz CT molecular complexity index is 398. The monoisotopic (exact) mass is 363 g/mol.